The van der Waals surface area contributed by atoms with E-state index in [-0.39, 0.29) is 0 Å². The first-order valence-electron chi connectivity index (χ1n) is 30.0. The molecule has 0 aliphatic carbocycles. The van der Waals surface area contributed by atoms with Crippen LogP contribution in [0.15, 0.2) is 0 Å². The van der Waals surface area contributed by atoms with Crippen LogP contribution < -0.4 is 0 Å². The van der Waals surface area contributed by atoms with Crippen molar-refractivity contribution in [2.75, 3.05) is 13.1 Å². The topological polar surface area (TPSA) is 3.24 Å². The molecule has 0 atom stereocenters. The van der Waals surface area contributed by atoms with Gasteiger partial charge in [0.1, 0.15) is 0 Å². The fourth-order valence-corrected chi connectivity index (χ4v) is 10.7. The maximum absolute atomic E-state index is 3.23. The molecule has 0 unspecified atom stereocenters. The van der Waals surface area contributed by atoms with Gasteiger partial charge in [0.25, 0.3) is 0 Å². The molecule has 1 heteroatoms. The van der Waals surface area contributed by atoms with Crippen molar-refractivity contribution in [3.05, 3.63) is 0 Å². The molecular formula is C60H123N. The normalized spacial score (nSPS) is 12.1. The van der Waals surface area contributed by atoms with Gasteiger partial charge in [0.05, 0.1) is 0 Å². The van der Waals surface area contributed by atoms with Gasteiger partial charge in [0, 0.05) is 5.54 Å². The largest absolute Gasteiger partial charge is 0.298 e. The van der Waals surface area contributed by atoms with Crippen molar-refractivity contribution < 1.29 is 0 Å². The van der Waals surface area contributed by atoms with Crippen LogP contribution in [-0.4, -0.2) is 23.5 Å². The zero-order chi connectivity index (χ0) is 44.3. The summed E-state index contributed by atoms with van der Waals surface area (Å²) in [5.41, 5.74) is 0.458. The van der Waals surface area contributed by atoms with E-state index >= 15 is 0 Å². The summed E-state index contributed by atoms with van der Waals surface area (Å²) < 4.78 is 0. The van der Waals surface area contributed by atoms with E-state index < -0.39 is 0 Å². The van der Waals surface area contributed by atoms with Gasteiger partial charge in [-0.25, -0.2) is 0 Å². The molecule has 0 saturated carbocycles. The Morgan fingerprint density at radius 1 is 0.180 bits per heavy atom. The van der Waals surface area contributed by atoms with Crippen LogP contribution in [0.3, 0.4) is 0 Å². The number of unbranched alkanes of at least 4 members (excludes halogenated alkanes) is 44. The lowest BCUT2D eigenvalue weighted by Gasteiger charge is -2.46. The van der Waals surface area contributed by atoms with Crippen molar-refractivity contribution in [3.8, 4) is 0 Å². The molecule has 0 heterocycles. The molecule has 0 aromatic rings. The van der Waals surface area contributed by atoms with Gasteiger partial charge in [0.2, 0.25) is 0 Å². The molecule has 0 aromatic carbocycles. The van der Waals surface area contributed by atoms with Crippen molar-refractivity contribution in [3.63, 3.8) is 0 Å². The smallest absolute Gasteiger partial charge is 0.0209 e. The maximum Gasteiger partial charge on any atom is 0.0209 e. The molecule has 0 bridgehead atoms. The minimum Gasteiger partial charge on any atom is -0.298 e. The van der Waals surface area contributed by atoms with Crippen molar-refractivity contribution >= 4 is 0 Å². The van der Waals surface area contributed by atoms with Crippen molar-refractivity contribution in [1.29, 1.82) is 0 Å². The van der Waals surface area contributed by atoms with Gasteiger partial charge < -0.3 is 0 Å². The SMILES string of the molecule is CCCCCCCCCCCCN(CCCCCCCCCCCC)C(CCCCCCCCCCC)(CCCCCCCCCCCC)CCCCCCCCCCCC. The monoisotopic (exact) mass is 858 g/mol. The minimum atomic E-state index is 0.458. The highest BCUT2D eigenvalue weighted by Gasteiger charge is 2.34. The molecule has 0 spiro atoms. The second kappa shape index (κ2) is 52.6. The molecule has 0 radical (unpaired) electrons. The van der Waals surface area contributed by atoms with Crippen LogP contribution in [0.1, 0.15) is 369 Å². The molecule has 0 saturated heterocycles. The van der Waals surface area contributed by atoms with Crippen LogP contribution in [0.4, 0.5) is 0 Å². The van der Waals surface area contributed by atoms with E-state index in [1.54, 1.807) is 0 Å². The third kappa shape index (κ3) is 43.6. The highest BCUT2D eigenvalue weighted by atomic mass is 15.2. The number of nitrogens with zero attached hydrogens (tertiary/aromatic N) is 1. The average Bonchev–Trinajstić information content (AvgIpc) is 3.27. The van der Waals surface area contributed by atoms with Crippen LogP contribution in [-0.2, 0) is 0 Å². The van der Waals surface area contributed by atoms with Crippen LogP contribution in [0.5, 0.6) is 0 Å². The average molecular weight is 859 g/mol. The summed E-state index contributed by atoms with van der Waals surface area (Å²) in [6, 6.07) is 0. The molecule has 61 heavy (non-hydrogen) atoms. The first kappa shape index (κ1) is 61.0. The number of hydrogen-bond donors (Lipinski definition) is 0. The van der Waals surface area contributed by atoms with Crippen LogP contribution in [0.25, 0.3) is 0 Å². The Bertz CT molecular complexity index is 710. The van der Waals surface area contributed by atoms with Gasteiger partial charge in [-0.2, -0.15) is 0 Å². The Balaban J connectivity index is 5.79. The van der Waals surface area contributed by atoms with E-state index in [2.05, 4.69) is 39.5 Å². The summed E-state index contributed by atoms with van der Waals surface area (Å²) in [6.45, 7) is 14.5. The maximum atomic E-state index is 3.23. The van der Waals surface area contributed by atoms with E-state index in [9.17, 15) is 0 Å². The van der Waals surface area contributed by atoms with Gasteiger partial charge in [-0.05, 0) is 45.2 Å². The third-order valence-corrected chi connectivity index (χ3v) is 15.0. The van der Waals surface area contributed by atoms with Crippen molar-refractivity contribution in [2.24, 2.45) is 0 Å². The summed E-state index contributed by atoms with van der Waals surface area (Å²) in [6.07, 6.45) is 76.0. The van der Waals surface area contributed by atoms with Crippen LogP contribution in [0, 0.1) is 0 Å². The summed E-state index contributed by atoms with van der Waals surface area (Å²) in [5, 5.41) is 0. The predicted octanol–water partition coefficient (Wildman–Crippen LogP) is 22.4. The van der Waals surface area contributed by atoms with Crippen LogP contribution >= 0.6 is 0 Å². The molecule has 1 nitrogen and oxygen atoms in total. The molecule has 0 aliphatic rings. The molecule has 0 fully saturated rings. The van der Waals surface area contributed by atoms with Crippen LogP contribution in [0.2, 0.25) is 0 Å². The molecule has 0 rings (SSSR count). The lowest BCUT2D eigenvalue weighted by atomic mass is 9.79. The van der Waals surface area contributed by atoms with Gasteiger partial charge in [-0.15, -0.1) is 0 Å². The van der Waals surface area contributed by atoms with E-state index in [4.69, 9.17) is 0 Å². The molecule has 0 aliphatic heterocycles. The van der Waals surface area contributed by atoms with E-state index in [1.807, 2.05) is 0 Å². The second-order valence-electron chi connectivity index (χ2n) is 21.0. The van der Waals surface area contributed by atoms with E-state index in [1.165, 1.54) is 347 Å². The summed E-state index contributed by atoms with van der Waals surface area (Å²) in [7, 11) is 0. The predicted molar refractivity (Wildman–Crippen MR) is 283 cm³/mol. The highest BCUT2D eigenvalue weighted by Crippen LogP contribution is 2.36. The Morgan fingerprint density at radius 3 is 0.508 bits per heavy atom. The summed E-state index contributed by atoms with van der Waals surface area (Å²) >= 11 is 0. The zero-order valence-corrected chi connectivity index (χ0v) is 44.1. The molecular weight excluding hydrogens is 735 g/mol. The Kier molecular flexibility index (Phi) is 52.5. The Morgan fingerprint density at radius 2 is 0.328 bits per heavy atom. The first-order valence-corrected chi connectivity index (χ1v) is 30.0. The van der Waals surface area contributed by atoms with Gasteiger partial charge in [-0.1, -0.05) is 336 Å². The van der Waals surface area contributed by atoms with Gasteiger partial charge >= 0.3 is 0 Å². The fourth-order valence-electron chi connectivity index (χ4n) is 10.7. The lowest BCUT2D eigenvalue weighted by Crippen LogP contribution is -2.50. The lowest BCUT2D eigenvalue weighted by molar-refractivity contribution is 0.0485. The molecule has 0 amide bonds. The Hall–Kier alpha value is -0.0400. The second-order valence-corrected chi connectivity index (χ2v) is 21.0. The summed E-state index contributed by atoms with van der Waals surface area (Å²) in [5.74, 6) is 0. The molecule has 0 aromatic heterocycles. The highest BCUT2D eigenvalue weighted by molar-refractivity contribution is 4.91. The quantitative estimate of drug-likeness (QED) is 0.0551. The minimum absolute atomic E-state index is 0.458. The number of rotatable bonds is 55. The number of hydrogen-bond acceptors (Lipinski definition) is 1. The van der Waals surface area contributed by atoms with Crippen molar-refractivity contribution in [1.82, 2.24) is 4.90 Å². The Labute approximate surface area is 390 Å². The van der Waals surface area contributed by atoms with E-state index in [0.717, 1.165) is 0 Å². The fraction of sp³-hybridized carbons (Fsp3) is 1.00. The molecule has 0 N–H and O–H groups in total. The first-order chi connectivity index (χ1) is 30.2. The zero-order valence-electron chi connectivity index (χ0n) is 44.1. The standard InChI is InChI=1S/C60H123N/c1-6-11-16-21-26-31-36-41-46-51-56-60(55-50-45-40-35-30-25-20-15-10-5,57-52-47-42-37-32-27-22-17-12-7-2)61(58-53-48-43-38-33-28-23-18-13-8-3)59-54-49-44-39-34-29-24-19-14-9-4/h6-59H2,1-5H3. The summed E-state index contributed by atoms with van der Waals surface area (Å²) in [4.78, 5) is 3.23. The van der Waals surface area contributed by atoms with E-state index in [0.29, 0.717) is 5.54 Å². The molecule has 368 valence electrons. The third-order valence-electron chi connectivity index (χ3n) is 15.0. The van der Waals surface area contributed by atoms with Gasteiger partial charge in [0.15, 0.2) is 0 Å². The van der Waals surface area contributed by atoms with Gasteiger partial charge in [-0.3, -0.25) is 4.90 Å². The van der Waals surface area contributed by atoms with Crippen molar-refractivity contribution in [2.45, 2.75) is 374 Å².